The van der Waals surface area contributed by atoms with E-state index in [-0.39, 0.29) is 11.8 Å². The van der Waals surface area contributed by atoms with E-state index in [1.165, 1.54) is 0 Å². The number of benzene rings is 2. The van der Waals surface area contributed by atoms with Gasteiger partial charge in [-0.3, -0.25) is 4.98 Å². The lowest BCUT2D eigenvalue weighted by Gasteiger charge is -2.31. The molecule has 7 heteroatoms. The van der Waals surface area contributed by atoms with E-state index in [0.717, 1.165) is 46.4 Å². The third kappa shape index (κ3) is 3.94. The van der Waals surface area contributed by atoms with Crippen LogP contribution in [0.1, 0.15) is 17.0 Å². The molecule has 0 saturated carbocycles. The Hall–Kier alpha value is -3.87. The Morgan fingerprint density at radius 2 is 1.94 bits per heavy atom. The lowest BCUT2D eigenvalue weighted by molar-refractivity contribution is 0.294. The summed E-state index contributed by atoms with van der Waals surface area (Å²) >= 11 is 0. The van der Waals surface area contributed by atoms with Gasteiger partial charge in [-0.25, -0.2) is 0 Å². The van der Waals surface area contributed by atoms with Gasteiger partial charge in [0.25, 0.3) is 0 Å². The number of aromatic hydroxyl groups is 1. The quantitative estimate of drug-likeness (QED) is 0.517. The fourth-order valence-corrected chi connectivity index (χ4v) is 4.04. The number of phenolic OH excluding ortho intramolecular Hbond substituents is 1. The minimum atomic E-state index is 0.250. The predicted molar refractivity (Wildman–Crippen MR) is 120 cm³/mol. The number of nitrogen functional groups attached to an aromatic ring is 1. The normalized spacial score (nSPS) is 13.2. The lowest BCUT2D eigenvalue weighted by Crippen LogP contribution is -2.32. The van der Waals surface area contributed by atoms with Crippen LogP contribution in [0.15, 0.2) is 60.8 Å². The Labute approximate surface area is 180 Å². The van der Waals surface area contributed by atoms with Crippen LogP contribution in [-0.2, 0) is 19.4 Å². The minimum Gasteiger partial charge on any atom is -0.508 e. The number of aromatic nitrogens is 3. The highest BCUT2D eigenvalue weighted by molar-refractivity contribution is 5.95. The molecule has 3 N–H and O–H groups in total. The van der Waals surface area contributed by atoms with Gasteiger partial charge < -0.3 is 20.5 Å². The molecule has 1 aliphatic rings. The SMILES string of the molecule is Nc1nc(OCCc2ccccn2)nc2c1CCN(c1cc(O)cc3ccccc13)C2. The first kappa shape index (κ1) is 19.1. The van der Waals surface area contributed by atoms with E-state index < -0.39 is 0 Å². The van der Waals surface area contributed by atoms with Gasteiger partial charge in [0.15, 0.2) is 0 Å². The number of nitrogens with zero attached hydrogens (tertiary/aromatic N) is 4. The van der Waals surface area contributed by atoms with Gasteiger partial charge in [0, 0.05) is 47.6 Å². The molecule has 0 atom stereocenters. The lowest BCUT2D eigenvalue weighted by atomic mass is 10.0. The largest absolute Gasteiger partial charge is 0.508 e. The molecule has 0 radical (unpaired) electrons. The number of hydrogen-bond acceptors (Lipinski definition) is 7. The predicted octanol–water partition coefficient (Wildman–Crippen LogP) is 3.50. The van der Waals surface area contributed by atoms with Crippen molar-refractivity contribution >= 4 is 22.3 Å². The summed E-state index contributed by atoms with van der Waals surface area (Å²) in [4.78, 5) is 15.5. The molecule has 4 aromatic rings. The Bertz CT molecular complexity index is 1230. The molecular formula is C24H23N5O2. The van der Waals surface area contributed by atoms with Gasteiger partial charge in [0.2, 0.25) is 0 Å². The molecule has 0 spiro atoms. The number of phenols is 1. The Kier molecular flexibility index (Phi) is 5.00. The van der Waals surface area contributed by atoms with E-state index in [1.807, 2.05) is 42.5 Å². The molecule has 0 amide bonds. The van der Waals surface area contributed by atoms with Crippen molar-refractivity contribution in [2.24, 2.45) is 0 Å². The van der Waals surface area contributed by atoms with Gasteiger partial charge >= 0.3 is 6.01 Å². The average Bonchev–Trinajstić information content (AvgIpc) is 2.79. The van der Waals surface area contributed by atoms with Crippen LogP contribution in [0.3, 0.4) is 0 Å². The van der Waals surface area contributed by atoms with Gasteiger partial charge in [-0.2, -0.15) is 9.97 Å². The van der Waals surface area contributed by atoms with E-state index in [9.17, 15) is 5.11 Å². The van der Waals surface area contributed by atoms with E-state index in [1.54, 1.807) is 12.3 Å². The van der Waals surface area contributed by atoms with Crippen LogP contribution in [0.2, 0.25) is 0 Å². The maximum atomic E-state index is 10.2. The van der Waals surface area contributed by atoms with Crippen molar-refractivity contribution in [3.8, 4) is 11.8 Å². The van der Waals surface area contributed by atoms with Gasteiger partial charge in [-0.15, -0.1) is 0 Å². The molecule has 0 saturated heterocycles. The molecule has 0 unspecified atom stereocenters. The van der Waals surface area contributed by atoms with Crippen LogP contribution in [0.5, 0.6) is 11.8 Å². The Morgan fingerprint density at radius 3 is 2.81 bits per heavy atom. The van der Waals surface area contributed by atoms with Crippen LogP contribution in [0, 0.1) is 0 Å². The van der Waals surface area contributed by atoms with Crippen LogP contribution in [0.25, 0.3) is 10.8 Å². The van der Waals surface area contributed by atoms with Crippen molar-refractivity contribution in [3.05, 3.63) is 77.7 Å². The zero-order chi connectivity index (χ0) is 21.2. The number of fused-ring (bicyclic) bond motifs is 2. The average molecular weight is 413 g/mol. The highest BCUT2D eigenvalue weighted by Gasteiger charge is 2.23. The number of rotatable bonds is 5. The minimum absolute atomic E-state index is 0.250. The van der Waals surface area contributed by atoms with E-state index in [0.29, 0.717) is 25.4 Å². The summed E-state index contributed by atoms with van der Waals surface area (Å²) in [5, 5.41) is 12.3. The molecule has 2 aromatic carbocycles. The number of hydrogen-bond donors (Lipinski definition) is 2. The summed E-state index contributed by atoms with van der Waals surface area (Å²) in [7, 11) is 0. The Balaban J connectivity index is 1.38. The van der Waals surface area contributed by atoms with E-state index >= 15 is 0 Å². The van der Waals surface area contributed by atoms with Gasteiger partial charge in [0.1, 0.15) is 11.6 Å². The molecule has 156 valence electrons. The number of pyridine rings is 1. The molecule has 2 aromatic heterocycles. The topological polar surface area (TPSA) is 97.4 Å². The Morgan fingerprint density at radius 1 is 1.06 bits per heavy atom. The maximum Gasteiger partial charge on any atom is 0.318 e. The highest BCUT2D eigenvalue weighted by Crippen LogP contribution is 2.35. The second-order valence-corrected chi connectivity index (χ2v) is 7.59. The maximum absolute atomic E-state index is 10.2. The fraction of sp³-hybridized carbons (Fsp3) is 0.208. The molecule has 0 aliphatic carbocycles. The molecular weight excluding hydrogens is 390 g/mol. The van der Waals surface area contributed by atoms with Crippen molar-refractivity contribution in [3.63, 3.8) is 0 Å². The number of nitrogens with two attached hydrogens (primary N) is 1. The second-order valence-electron chi connectivity index (χ2n) is 7.59. The third-order valence-corrected chi connectivity index (χ3v) is 5.56. The smallest absolute Gasteiger partial charge is 0.318 e. The first-order valence-corrected chi connectivity index (χ1v) is 10.3. The van der Waals surface area contributed by atoms with Crippen molar-refractivity contribution < 1.29 is 9.84 Å². The fourth-order valence-electron chi connectivity index (χ4n) is 4.04. The van der Waals surface area contributed by atoms with Crippen molar-refractivity contribution in [1.29, 1.82) is 0 Å². The van der Waals surface area contributed by atoms with E-state index in [4.69, 9.17) is 10.5 Å². The summed E-state index contributed by atoms with van der Waals surface area (Å²) in [6, 6.07) is 17.7. The van der Waals surface area contributed by atoms with Crippen LogP contribution < -0.4 is 15.4 Å². The molecule has 31 heavy (non-hydrogen) atoms. The summed E-state index contributed by atoms with van der Waals surface area (Å²) < 4.78 is 5.79. The van der Waals surface area contributed by atoms with Crippen molar-refractivity contribution in [2.45, 2.75) is 19.4 Å². The summed E-state index contributed by atoms with van der Waals surface area (Å²) in [6.45, 7) is 1.77. The summed E-state index contributed by atoms with van der Waals surface area (Å²) in [5.41, 5.74) is 9.99. The second kappa shape index (κ2) is 8.10. The molecule has 1 aliphatic heterocycles. The van der Waals surface area contributed by atoms with Gasteiger partial charge in [-0.1, -0.05) is 30.3 Å². The van der Waals surface area contributed by atoms with Crippen LogP contribution in [-0.4, -0.2) is 33.2 Å². The zero-order valence-corrected chi connectivity index (χ0v) is 17.0. The first-order chi connectivity index (χ1) is 15.2. The number of anilines is 2. The summed E-state index contributed by atoms with van der Waals surface area (Å²) in [5.74, 6) is 0.721. The standard InChI is InChI=1S/C24H23N5O2/c25-23-20-8-11-29(22-14-18(30)13-16-5-1-2-7-19(16)22)15-21(20)27-24(28-23)31-12-9-17-6-3-4-10-26-17/h1-7,10,13-14,30H,8-9,11-12,15H2,(H2,25,27,28). The molecule has 5 rings (SSSR count). The summed E-state index contributed by atoms with van der Waals surface area (Å²) in [6.07, 6.45) is 3.17. The molecule has 0 bridgehead atoms. The third-order valence-electron chi connectivity index (χ3n) is 5.56. The van der Waals surface area contributed by atoms with Crippen molar-refractivity contribution in [2.75, 3.05) is 23.8 Å². The molecule has 0 fully saturated rings. The number of ether oxygens (including phenoxy) is 1. The highest BCUT2D eigenvalue weighted by atomic mass is 16.5. The monoisotopic (exact) mass is 413 g/mol. The van der Waals surface area contributed by atoms with Crippen LogP contribution in [0.4, 0.5) is 11.5 Å². The first-order valence-electron chi connectivity index (χ1n) is 10.3. The van der Waals surface area contributed by atoms with Crippen LogP contribution >= 0.6 is 0 Å². The molecule has 7 nitrogen and oxygen atoms in total. The van der Waals surface area contributed by atoms with Gasteiger partial charge in [-0.05, 0) is 30.0 Å². The van der Waals surface area contributed by atoms with Gasteiger partial charge in [0.05, 0.1) is 18.8 Å². The van der Waals surface area contributed by atoms with E-state index in [2.05, 4.69) is 25.9 Å². The van der Waals surface area contributed by atoms with Crippen molar-refractivity contribution in [1.82, 2.24) is 15.0 Å². The zero-order valence-electron chi connectivity index (χ0n) is 17.0. The molecule has 3 heterocycles.